The van der Waals surface area contributed by atoms with Crippen molar-refractivity contribution >= 4 is 11.3 Å². The van der Waals surface area contributed by atoms with Crippen molar-refractivity contribution in [2.24, 2.45) is 5.92 Å². The molecule has 0 radical (unpaired) electrons. The van der Waals surface area contributed by atoms with Crippen molar-refractivity contribution in [2.75, 3.05) is 5.73 Å². The fourth-order valence-corrected chi connectivity index (χ4v) is 6.33. The summed E-state index contributed by atoms with van der Waals surface area (Å²) in [7, 11) is 0. The summed E-state index contributed by atoms with van der Waals surface area (Å²) < 4.78 is 0. The highest BCUT2D eigenvalue weighted by atomic mass is 14.9. The summed E-state index contributed by atoms with van der Waals surface area (Å²) in [5.74, 6) is 1.41. The summed E-state index contributed by atoms with van der Waals surface area (Å²) in [5, 5.41) is 0. The Hall–Kier alpha value is -5.54. The highest BCUT2D eigenvalue weighted by Crippen LogP contribution is 2.35. The molecule has 0 aliphatic heterocycles. The van der Waals surface area contributed by atoms with Crippen LogP contribution in [0.25, 0.3) is 50.6 Å². The van der Waals surface area contributed by atoms with Gasteiger partial charge < -0.3 is 5.73 Å². The van der Waals surface area contributed by atoms with Gasteiger partial charge in [0.1, 0.15) is 0 Å². The van der Waals surface area contributed by atoms with Crippen LogP contribution in [0.4, 0.5) is 5.69 Å². The Morgan fingerprint density at radius 1 is 0.694 bits per heavy atom. The molecule has 49 heavy (non-hydrogen) atoms. The van der Waals surface area contributed by atoms with Gasteiger partial charge in [-0.25, -0.2) is 9.97 Å². The standard InChI is InChI=1S/C46H45N3/c1-31(2)14-12-19-37-26-27-41(33(5)45(37)47)42(28-32(3)4)40-21-13-20-39(29-40)34-22-24-36(25-23-34)44-30-43(35-15-8-6-9-16-35)48-46(49-44)38-17-10-7-11-18-38/h6-11,13,15-18,20-31H,3,12,14,19,47H2,1-2,4-5H3/b42-28-. The maximum absolute atomic E-state index is 6.76. The minimum Gasteiger partial charge on any atom is -0.398 e. The minimum absolute atomic E-state index is 0.697. The maximum Gasteiger partial charge on any atom is 0.160 e. The lowest BCUT2D eigenvalue weighted by Gasteiger charge is -2.17. The Morgan fingerprint density at radius 2 is 1.29 bits per heavy atom. The van der Waals surface area contributed by atoms with Gasteiger partial charge in [0.05, 0.1) is 11.4 Å². The van der Waals surface area contributed by atoms with Crippen molar-refractivity contribution in [1.82, 2.24) is 9.97 Å². The number of hydrogen-bond donors (Lipinski definition) is 1. The van der Waals surface area contributed by atoms with Gasteiger partial charge in [0.15, 0.2) is 5.82 Å². The molecular formula is C46H45N3. The molecule has 0 unspecified atom stereocenters. The first-order valence-electron chi connectivity index (χ1n) is 17.2. The Kier molecular flexibility index (Phi) is 10.3. The van der Waals surface area contributed by atoms with Crippen LogP contribution in [0.1, 0.15) is 55.9 Å². The zero-order chi connectivity index (χ0) is 34.3. The van der Waals surface area contributed by atoms with E-state index in [1.165, 1.54) is 12.0 Å². The predicted molar refractivity (Wildman–Crippen MR) is 209 cm³/mol. The molecule has 3 nitrogen and oxygen atoms in total. The van der Waals surface area contributed by atoms with E-state index in [2.05, 4.69) is 124 Å². The highest BCUT2D eigenvalue weighted by molar-refractivity contribution is 5.87. The van der Waals surface area contributed by atoms with Crippen molar-refractivity contribution in [2.45, 2.75) is 47.0 Å². The van der Waals surface area contributed by atoms with Gasteiger partial charge in [0, 0.05) is 22.4 Å². The van der Waals surface area contributed by atoms with E-state index in [9.17, 15) is 0 Å². The van der Waals surface area contributed by atoms with E-state index in [0.29, 0.717) is 11.7 Å². The molecule has 0 atom stereocenters. The molecule has 0 spiro atoms. The molecule has 1 heterocycles. The monoisotopic (exact) mass is 639 g/mol. The van der Waals surface area contributed by atoms with Gasteiger partial charge in [0.25, 0.3) is 0 Å². The topological polar surface area (TPSA) is 51.8 Å². The molecule has 6 aromatic rings. The first kappa shape index (κ1) is 33.4. The van der Waals surface area contributed by atoms with Crippen LogP contribution in [0, 0.1) is 12.8 Å². The molecule has 0 amide bonds. The Balaban J connectivity index is 1.33. The van der Waals surface area contributed by atoms with Crippen LogP contribution in [0.2, 0.25) is 0 Å². The molecule has 244 valence electrons. The summed E-state index contributed by atoms with van der Waals surface area (Å²) in [6, 6.07) is 44.4. The molecule has 0 aliphatic carbocycles. The van der Waals surface area contributed by atoms with Crippen LogP contribution in [-0.2, 0) is 6.42 Å². The lowest BCUT2D eigenvalue weighted by molar-refractivity contribution is 0.556. The lowest BCUT2D eigenvalue weighted by Crippen LogP contribution is -2.03. The summed E-state index contributed by atoms with van der Waals surface area (Å²) >= 11 is 0. The first-order chi connectivity index (χ1) is 23.8. The molecule has 0 bridgehead atoms. The van der Waals surface area contributed by atoms with Crippen molar-refractivity contribution in [3.63, 3.8) is 0 Å². The fraction of sp³-hybridized carbons (Fsp3) is 0.174. The molecular weight excluding hydrogens is 595 g/mol. The summed E-state index contributed by atoms with van der Waals surface area (Å²) in [6.07, 6.45) is 5.53. The molecule has 1 aromatic heterocycles. The van der Waals surface area contributed by atoms with Crippen molar-refractivity contribution in [1.29, 1.82) is 0 Å². The number of rotatable bonds is 11. The van der Waals surface area contributed by atoms with Crippen LogP contribution in [0.5, 0.6) is 0 Å². The van der Waals surface area contributed by atoms with Gasteiger partial charge in [-0.2, -0.15) is 0 Å². The van der Waals surface area contributed by atoms with E-state index in [0.717, 1.165) is 85.6 Å². The average molecular weight is 640 g/mol. The minimum atomic E-state index is 0.697. The van der Waals surface area contributed by atoms with Gasteiger partial charge in [-0.3, -0.25) is 0 Å². The Morgan fingerprint density at radius 3 is 1.92 bits per heavy atom. The molecule has 0 fully saturated rings. The van der Waals surface area contributed by atoms with Crippen LogP contribution >= 0.6 is 0 Å². The van der Waals surface area contributed by atoms with Crippen LogP contribution in [-0.4, -0.2) is 9.97 Å². The summed E-state index contributed by atoms with van der Waals surface area (Å²) in [5.41, 5.74) is 21.6. The number of nitrogens with zero attached hydrogens (tertiary/aromatic N) is 2. The van der Waals surface area contributed by atoms with E-state index < -0.39 is 0 Å². The SMILES string of the molecule is C=C(C)/C=C(/c1cccc(-c2ccc(-c3cc(-c4ccccc4)nc(-c4ccccc4)n3)cc2)c1)c1ccc(CCCC(C)C)c(N)c1C. The van der Waals surface area contributed by atoms with Crippen molar-refractivity contribution in [3.05, 3.63) is 168 Å². The number of allylic oxidation sites excluding steroid dienone is 2. The first-order valence-corrected chi connectivity index (χ1v) is 17.2. The number of nitrogens with two attached hydrogens (primary N) is 1. The fourth-order valence-electron chi connectivity index (χ4n) is 6.33. The third-order valence-corrected chi connectivity index (χ3v) is 9.03. The van der Waals surface area contributed by atoms with Gasteiger partial charge in [0.2, 0.25) is 0 Å². The van der Waals surface area contributed by atoms with Gasteiger partial charge in [-0.1, -0.05) is 154 Å². The third-order valence-electron chi connectivity index (χ3n) is 9.03. The molecule has 0 saturated heterocycles. The number of nitrogen functional groups attached to an aromatic ring is 1. The molecule has 5 aromatic carbocycles. The molecule has 3 heteroatoms. The van der Waals surface area contributed by atoms with E-state index in [1.54, 1.807) is 0 Å². The second-order valence-corrected chi connectivity index (χ2v) is 13.4. The quantitative estimate of drug-likeness (QED) is 0.113. The Bertz CT molecular complexity index is 2030. The smallest absolute Gasteiger partial charge is 0.160 e. The van der Waals surface area contributed by atoms with Crippen molar-refractivity contribution in [3.8, 4) is 45.0 Å². The second-order valence-electron chi connectivity index (χ2n) is 13.4. The van der Waals surface area contributed by atoms with Gasteiger partial charge in [-0.15, -0.1) is 0 Å². The average Bonchev–Trinajstić information content (AvgIpc) is 3.13. The largest absolute Gasteiger partial charge is 0.398 e. The van der Waals surface area contributed by atoms with Gasteiger partial charge in [-0.05, 0) is 83.7 Å². The van der Waals surface area contributed by atoms with Crippen molar-refractivity contribution < 1.29 is 0 Å². The second kappa shape index (κ2) is 15.1. The zero-order valence-electron chi connectivity index (χ0n) is 29.1. The molecule has 0 aliphatic rings. The summed E-state index contributed by atoms with van der Waals surface area (Å²) in [4.78, 5) is 9.95. The molecule has 0 saturated carbocycles. The van der Waals surface area contributed by atoms with Gasteiger partial charge >= 0.3 is 0 Å². The lowest BCUT2D eigenvalue weighted by atomic mass is 9.88. The van der Waals surface area contributed by atoms with E-state index in [1.807, 2.05) is 43.3 Å². The number of anilines is 1. The normalized spacial score (nSPS) is 11.6. The zero-order valence-corrected chi connectivity index (χ0v) is 29.1. The predicted octanol–water partition coefficient (Wildman–Crippen LogP) is 12.0. The van der Waals surface area contributed by atoms with Crippen LogP contribution in [0.3, 0.4) is 0 Å². The number of aromatic nitrogens is 2. The molecule has 6 rings (SSSR count). The molecule has 2 N–H and O–H groups in total. The maximum atomic E-state index is 6.76. The van der Waals surface area contributed by atoms with E-state index in [-0.39, 0.29) is 0 Å². The third kappa shape index (κ3) is 7.96. The van der Waals surface area contributed by atoms with E-state index >= 15 is 0 Å². The van der Waals surface area contributed by atoms with Crippen LogP contribution in [0.15, 0.2) is 146 Å². The number of benzene rings is 5. The van der Waals surface area contributed by atoms with Crippen LogP contribution < -0.4 is 5.73 Å². The summed E-state index contributed by atoms with van der Waals surface area (Å²) in [6.45, 7) is 13.0. The highest BCUT2D eigenvalue weighted by Gasteiger charge is 2.15. The number of aryl methyl sites for hydroxylation is 1. The Labute approximate surface area is 291 Å². The van der Waals surface area contributed by atoms with E-state index in [4.69, 9.17) is 15.7 Å². The number of hydrogen-bond acceptors (Lipinski definition) is 3.